The molecule has 3 heterocycles. The van der Waals surface area contributed by atoms with Crippen molar-refractivity contribution in [3.05, 3.63) is 54.9 Å². The predicted octanol–water partition coefficient (Wildman–Crippen LogP) is 0.946. The van der Waals surface area contributed by atoms with E-state index < -0.39 is 0 Å². The number of para-hydroxylation sites is 1. The topological polar surface area (TPSA) is 81.7 Å². The second-order valence-electron chi connectivity index (χ2n) is 5.43. The molecule has 0 spiro atoms. The minimum absolute atomic E-state index is 0.00119. The van der Waals surface area contributed by atoms with Crippen molar-refractivity contribution in [3.63, 3.8) is 0 Å². The first-order valence-corrected chi connectivity index (χ1v) is 7.42. The SMILES string of the molecule is O=C(c1ccccc1-n1ccnn1)N1CCC(n2cncn2)C1. The number of amides is 1. The maximum atomic E-state index is 12.9. The highest BCUT2D eigenvalue weighted by molar-refractivity contribution is 5.97. The zero-order valence-electron chi connectivity index (χ0n) is 12.4. The first kappa shape index (κ1) is 13.6. The lowest BCUT2D eigenvalue weighted by molar-refractivity contribution is 0.0787. The largest absolute Gasteiger partial charge is 0.336 e. The number of benzene rings is 1. The second-order valence-corrected chi connectivity index (χ2v) is 5.43. The number of aromatic nitrogens is 6. The summed E-state index contributed by atoms with van der Waals surface area (Å²) in [5, 5.41) is 12.0. The fourth-order valence-electron chi connectivity index (χ4n) is 2.91. The minimum Gasteiger partial charge on any atom is -0.336 e. The first-order chi connectivity index (χ1) is 11.3. The Hall–Kier alpha value is -3.03. The first-order valence-electron chi connectivity index (χ1n) is 7.42. The number of hydrogen-bond acceptors (Lipinski definition) is 5. The highest BCUT2D eigenvalue weighted by Crippen LogP contribution is 2.24. The molecule has 4 rings (SSSR count). The van der Waals surface area contributed by atoms with E-state index in [4.69, 9.17) is 0 Å². The van der Waals surface area contributed by atoms with E-state index in [0.717, 1.165) is 12.1 Å². The second kappa shape index (κ2) is 5.64. The van der Waals surface area contributed by atoms with Crippen LogP contribution in [0.15, 0.2) is 49.3 Å². The van der Waals surface area contributed by atoms with Crippen LogP contribution in [-0.4, -0.2) is 53.7 Å². The van der Waals surface area contributed by atoms with Gasteiger partial charge in [-0.25, -0.2) is 14.3 Å². The molecular formula is C15H15N7O. The van der Waals surface area contributed by atoms with Gasteiger partial charge in [-0.05, 0) is 18.6 Å². The van der Waals surface area contributed by atoms with E-state index in [9.17, 15) is 4.79 Å². The summed E-state index contributed by atoms with van der Waals surface area (Å²) in [6.07, 6.45) is 7.42. The Kier molecular flexibility index (Phi) is 3.34. The van der Waals surface area contributed by atoms with Crippen molar-refractivity contribution < 1.29 is 4.79 Å². The summed E-state index contributed by atoms with van der Waals surface area (Å²) >= 11 is 0. The average molecular weight is 309 g/mol. The van der Waals surface area contributed by atoms with Gasteiger partial charge < -0.3 is 4.90 Å². The summed E-state index contributed by atoms with van der Waals surface area (Å²) < 4.78 is 3.43. The summed E-state index contributed by atoms with van der Waals surface area (Å²) in [6.45, 7) is 1.34. The third kappa shape index (κ3) is 2.48. The van der Waals surface area contributed by atoms with Gasteiger partial charge in [0.1, 0.15) is 12.7 Å². The molecule has 1 aromatic carbocycles. The number of carbonyl (C=O) groups excluding carboxylic acids is 1. The van der Waals surface area contributed by atoms with E-state index in [2.05, 4.69) is 20.4 Å². The van der Waals surface area contributed by atoms with Gasteiger partial charge in [0.15, 0.2) is 0 Å². The molecule has 8 nitrogen and oxygen atoms in total. The normalized spacial score (nSPS) is 17.6. The van der Waals surface area contributed by atoms with Crippen LogP contribution in [0.5, 0.6) is 0 Å². The summed E-state index contributed by atoms with van der Waals surface area (Å²) in [6, 6.07) is 7.61. The van der Waals surface area contributed by atoms with Crippen molar-refractivity contribution in [2.24, 2.45) is 0 Å². The zero-order chi connectivity index (χ0) is 15.6. The molecule has 1 aliphatic rings. The third-order valence-electron chi connectivity index (χ3n) is 4.07. The molecule has 1 amide bonds. The van der Waals surface area contributed by atoms with Crippen LogP contribution in [0.25, 0.3) is 5.69 Å². The number of likely N-dealkylation sites (tertiary alicyclic amines) is 1. The van der Waals surface area contributed by atoms with Crippen LogP contribution in [-0.2, 0) is 0 Å². The monoisotopic (exact) mass is 309 g/mol. The number of carbonyl (C=O) groups is 1. The number of hydrogen-bond donors (Lipinski definition) is 0. The van der Waals surface area contributed by atoms with E-state index in [0.29, 0.717) is 18.7 Å². The fourth-order valence-corrected chi connectivity index (χ4v) is 2.91. The van der Waals surface area contributed by atoms with Crippen molar-refractivity contribution in [3.8, 4) is 5.69 Å². The summed E-state index contributed by atoms with van der Waals surface area (Å²) in [7, 11) is 0. The van der Waals surface area contributed by atoms with E-state index >= 15 is 0 Å². The molecule has 23 heavy (non-hydrogen) atoms. The Morgan fingerprint density at radius 2 is 2.17 bits per heavy atom. The minimum atomic E-state index is -0.00119. The lowest BCUT2D eigenvalue weighted by Gasteiger charge is -2.18. The Balaban J connectivity index is 1.59. The summed E-state index contributed by atoms with van der Waals surface area (Å²) in [4.78, 5) is 18.7. The Bertz CT molecular complexity index is 797. The molecule has 1 fully saturated rings. The van der Waals surface area contributed by atoms with Crippen LogP contribution in [0.3, 0.4) is 0 Å². The van der Waals surface area contributed by atoms with Crippen LogP contribution in [0.4, 0.5) is 0 Å². The molecule has 1 aliphatic heterocycles. The molecule has 0 N–H and O–H groups in total. The summed E-state index contributed by atoms with van der Waals surface area (Å²) in [5.41, 5.74) is 1.36. The van der Waals surface area contributed by atoms with Gasteiger partial charge in [0.05, 0.1) is 29.7 Å². The van der Waals surface area contributed by atoms with Gasteiger partial charge in [0.25, 0.3) is 5.91 Å². The molecule has 8 heteroatoms. The van der Waals surface area contributed by atoms with E-state index in [1.165, 1.54) is 6.33 Å². The zero-order valence-corrected chi connectivity index (χ0v) is 12.4. The van der Waals surface area contributed by atoms with Gasteiger partial charge in [0.2, 0.25) is 0 Å². The summed E-state index contributed by atoms with van der Waals surface area (Å²) in [5.74, 6) is -0.00119. The van der Waals surface area contributed by atoms with Crippen molar-refractivity contribution in [1.82, 2.24) is 34.7 Å². The van der Waals surface area contributed by atoms with E-state index in [1.54, 1.807) is 23.4 Å². The predicted molar refractivity (Wildman–Crippen MR) is 80.9 cm³/mol. The van der Waals surface area contributed by atoms with Gasteiger partial charge in [0, 0.05) is 13.1 Å². The third-order valence-corrected chi connectivity index (χ3v) is 4.07. The molecule has 1 atom stereocenters. The van der Waals surface area contributed by atoms with Crippen molar-refractivity contribution in [2.45, 2.75) is 12.5 Å². The Morgan fingerprint density at radius 1 is 1.26 bits per heavy atom. The van der Waals surface area contributed by atoms with Crippen LogP contribution >= 0.6 is 0 Å². The fraction of sp³-hybridized carbons (Fsp3) is 0.267. The Morgan fingerprint density at radius 3 is 2.96 bits per heavy atom. The molecule has 1 unspecified atom stereocenters. The van der Waals surface area contributed by atoms with Gasteiger partial charge in [-0.2, -0.15) is 5.10 Å². The lowest BCUT2D eigenvalue weighted by atomic mass is 10.1. The van der Waals surface area contributed by atoms with Crippen LogP contribution in [0.2, 0.25) is 0 Å². The van der Waals surface area contributed by atoms with Crippen molar-refractivity contribution in [1.29, 1.82) is 0 Å². The van der Waals surface area contributed by atoms with Crippen molar-refractivity contribution >= 4 is 5.91 Å². The van der Waals surface area contributed by atoms with Gasteiger partial charge in [-0.3, -0.25) is 4.79 Å². The molecule has 0 aliphatic carbocycles. The Labute approximate surface area is 132 Å². The molecule has 3 aromatic rings. The van der Waals surface area contributed by atoms with Crippen LogP contribution < -0.4 is 0 Å². The highest BCUT2D eigenvalue weighted by Gasteiger charge is 2.29. The maximum absolute atomic E-state index is 12.9. The molecule has 116 valence electrons. The molecule has 0 radical (unpaired) electrons. The standard InChI is InChI=1S/C15H15N7O/c23-15(20-7-5-12(9-20)22-11-16-10-18-22)13-3-1-2-4-14(13)21-8-6-17-19-21/h1-4,6,8,10-12H,5,7,9H2. The molecule has 2 aromatic heterocycles. The lowest BCUT2D eigenvalue weighted by Crippen LogP contribution is -2.30. The van der Waals surface area contributed by atoms with Gasteiger partial charge >= 0.3 is 0 Å². The van der Waals surface area contributed by atoms with Gasteiger partial charge in [-0.15, -0.1) is 5.10 Å². The molecule has 0 bridgehead atoms. The molecule has 0 saturated carbocycles. The smallest absolute Gasteiger partial charge is 0.256 e. The average Bonchev–Trinajstić information content (AvgIpc) is 3.35. The van der Waals surface area contributed by atoms with Crippen molar-refractivity contribution in [2.75, 3.05) is 13.1 Å². The van der Waals surface area contributed by atoms with Gasteiger partial charge in [-0.1, -0.05) is 17.3 Å². The van der Waals surface area contributed by atoms with Crippen LogP contribution in [0.1, 0.15) is 22.8 Å². The number of rotatable bonds is 3. The van der Waals surface area contributed by atoms with E-state index in [1.807, 2.05) is 33.8 Å². The van der Waals surface area contributed by atoms with E-state index in [-0.39, 0.29) is 11.9 Å². The number of nitrogens with zero attached hydrogens (tertiary/aromatic N) is 7. The van der Waals surface area contributed by atoms with Crippen LogP contribution in [0, 0.1) is 0 Å². The molecule has 1 saturated heterocycles. The maximum Gasteiger partial charge on any atom is 0.256 e. The molecular weight excluding hydrogens is 294 g/mol. The quantitative estimate of drug-likeness (QED) is 0.719. The highest BCUT2D eigenvalue weighted by atomic mass is 16.2.